The molecule has 3 rings (SSSR count). The highest BCUT2D eigenvalue weighted by Crippen LogP contribution is 2.24. The van der Waals surface area contributed by atoms with E-state index in [1.807, 2.05) is 0 Å². The third-order valence-corrected chi connectivity index (χ3v) is 4.71. The molecule has 6 nitrogen and oxygen atoms in total. The minimum atomic E-state index is -4.13. The van der Waals surface area contributed by atoms with E-state index in [-0.39, 0.29) is 5.69 Å². The van der Waals surface area contributed by atoms with E-state index in [9.17, 15) is 22.7 Å². The van der Waals surface area contributed by atoms with Crippen LogP contribution < -0.4 is 9.83 Å². The number of aromatic nitrogens is 1. The van der Waals surface area contributed by atoms with Crippen molar-refractivity contribution >= 4 is 32.6 Å². The van der Waals surface area contributed by atoms with Crippen molar-refractivity contribution in [2.45, 2.75) is 4.90 Å². The minimum absolute atomic E-state index is 0.229. The Balaban J connectivity index is 2.05. The Morgan fingerprint density at radius 1 is 1.12 bits per heavy atom. The van der Waals surface area contributed by atoms with Gasteiger partial charge in [-0.1, -0.05) is 18.2 Å². The van der Waals surface area contributed by atoms with E-state index >= 15 is 0 Å². The Morgan fingerprint density at radius 2 is 1.88 bits per heavy atom. The SMILES string of the molecule is O=C([O-])c1cc(S(=O)(=O)Nc2cccc3cccnc23)ccc1F. The average molecular weight is 345 g/mol. The number of anilines is 1. The number of halogens is 1. The fourth-order valence-electron chi connectivity index (χ4n) is 2.22. The minimum Gasteiger partial charge on any atom is -0.545 e. The molecule has 1 N–H and O–H groups in total. The number of carbonyl (C=O) groups is 1. The highest BCUT2D eigenvalue weighted by atomic mass is 32.2. The number of fused-ring (bicyclic) bond motifs is 1. The zero-order valence-electron chi connectivity index (χ0n) is 12.1. The highest BCUT2D eigenvalue weighted by Gasteiger charge is 2.18. The molecule has 0 bridgehead atoms. The lowest BCUT2D eigenvalue weighted by molar-refractivity contribution is -0.255. The number of nitrogens with zero attached hydrogens (tertiary/aromatic N) is 1. The zero-order valence-corrected chi connectivity index (χ0v) is 12.9. The van der Waals surface area contributed by atoms with Crippen LogP contribution >= 0.6 is 0 Å². The summed E-state index contributed by atoms with van der Waals surface area (Å²) in [5.41, 5.74) is -0.160. The molecule has 0 aliphatic rings. The van der Waals surface area contributed by atoms with Gasteiger partial charge in [-0.05, 0) is 30.3 Å². The Bertz CT molecular complexity index is 1050. The summed E-state index contributed by atoms with van der Waals surface area (Å²) in [6, 6.07) is 10.9. The van der Waals surface area contributed by atoms with Crippen LogP contribution in [0.4, 0.5) is 10.1 Å². The van der Waals surface area contributed by atoms with E-state index in [0.29, 0.717) is 11.6 Å². The van der Waals surface area contributed by atoms with Crippen LogP contribution in [0.25, 0.3) is 10.9 Å². The van der Waals surface area contributed by atoms with Gasteiger partial charge in [-0.2, -0.15) is 0 Å². The maximum Gasteiger partial charge on any atom is 0.261 e. The number of pyridine rings is 1. The van der Waals surface area contributed by atoms with Gasteiger partial charge >= 0.3 is 0 Å². The summed E-state index contributed by atoms with van der Waals surface area (Å²) in [7, 11) is -4.13. The maximum absolute atomic E-state index is 13.4. The van der Waals surface area contributed by atoms with Crippen molar-refractivity contribution in [2.75, 3.05) is 4.72 Å². The van der Waals surface area contributed by atoms with Crippen molar-refractivity contribution in [3.63, 3.8) is 0 Å². The first-order valence-electron chi connectivity index (χ1n) is 6.76. The van der Waals surface area contributed by atoms with E-state index in [4.69, 9.17) is 0 Å². The van der Waals surface area contributed by atoms with Crippen molar-refractivity contribution < 1.29 is 22.7 Å². The smallest absolute Gasteiger partial charge is 0.261 e. The van der Waals surface area contributed by atoms with Gasteiger partial charge in [0, 0.05) is 17.1 Å². The van der Waals surface area contributed by atoms with Gasteiger partial charge in [0.2, 0.25) is 0 Å². The molecule has 0 saturated carbocycles. The van der Waals surface area contributed by atoms with Crippen LogP contribution in [0.2, 0.25) is 0 Å². The first-order chi connectivity index (χ1) is 11.4. The van der Waals surface area contributed by atoms with Crippen molar-refractivity contribution in [2.24, 2.45) is 0 Å². The highest BCUT2D eigenvalue weighted by molar-refractivity contribution is 7.92. The quantitative estimate of drug-likeness (QED) is 0.773. The van der Waals surface area contributed by atoms with Gasteiger partial charge in [0.25, 0.3) is 10.0 Å². The van der Waals surface area contributed by atoms with Gasteiger partial charge < -0.3 is 9.90 Å². The van der Waals surface area contributed by atoms with Crippen LogP contribution in [0.15, 0.2) is 59.6 Å². The van der Waals surface area contributed by atoms with E-state index in [2.05, 4.69) is 9.71 Å². The average Bonchev–Trinajstić information content (AvgIpc) is 2.55. The molecular weight excluding hydrogens is 335 g/mol. The third kappa shape index (κ3) is 2.91. The molecule has 3 aromatic rings. The number of aromatic carboxylic acids is 1. The monoisotopic (exact) mass is 345 g/mol. The number of carboxylic acid groups (broad SMARTS) is 1. The molecule has 0 aliphatic carbocycles. The first-order valence-corrected chi connectivity index (χ1v) is 8.24. The second-order valence-corrected chi connectivity index (χ2v) is 6.60. The van der Waals surface area contributed by atoms with E-state index in [0.717, 1.165) is 17.5 Å². The van der Waals surface area contributed by atoms with Crippen LogP contribution in [0.5, 0.6) is 0 Å². The number of sulfonamides is 1. The van der Waals surface area contributed by atoms with Crippen LogP contribution in [-0.2, 0) is 10.0 Å². The summed E-state index contributed by atoms with van der Waals surface area (Å²) in [6.07, 6.45) is 1.52. The van der Waals surface area contributed by atoms with Gasteiger partial charge in [-0.3, -0.25) is 9.71 Å². The summed E-state index contributed by atoms with van der Waals surface area (Å²) < 4.78 is 40.6. The molecule has 0 amide bonds. The molecule has 8 heteroatoms. The van der Waals surface area contributed by atoms with E-state index in [1.165, 1.54) is 12.3 Å². The molecule has 0 spiro atoms. The lowest BCUT2D eigenvalue weighted by atomic mass is 10.2. The molecule has 0 fully saturated rings. The second-order valence-electron chi connectivity index (χ2n) is 4.92. The molecule has 0 radical (unpaired) electrons. The lowest BCUT2D eigenvalue weighted by Crippen LogP contribution is -2.24. The van der Waals surface area contributed by atoms with Crippen molar-refractivity contribution in [1.82, 2.24) is 4.98 Å². The zero-order chi connectivity index (χ0) is 17.3. The Morgan fingerprint density at radius 3 is 2.62 bits per heavy atom. The molecule has 1 aromatic heterocycles. The summed E-state index contributed by atoms with van der Waals surface area (Å²) in [5.74, 6) is -2.86. The van der Waals surface area contributed by atoms with Gasteiger partial charge in [-0.15, -0.1) is 0 Å². The number of hydrogen-bond acceptors (Lipinski definition) is 5. The molecule has 0 aliphatic heterocycles. The van der Waals surface area contributed by atoms with Gasteiger partial charge in [0.15, 0.2) is 0 Å². The molecule has 0 saturated heterocycles. The fraction of sp³-hybridized carbons (Fsp3) is 0. The maximum atomic E-state index is 13.4. The van der Waals surface area contributed by atoms with Crippen LogP contribution in [0.1, 0.15) is 10.4 Å². The van der Waals surface area contributed by atoms with Crippen LogP contribution in [0.3, 0.4) is 0 Å². The van der Waals surface area contributed by atoms with E-state index < -0.39 is 32.3 Å². The number of para-hydroxylation sites is 1. The molecule has 2 aromatic carbocycles. The summed E-state index contributed by atoms with van der Waals surface area (Å²) in [6.45, 7) is 0. The van der Waals surface area contributed by atoms with Crippen molar-refractivity contribution in [1.29, 1.82) is 0 Å². The number of nitrogens with one attached hydrogen (secondary N) is 1. The van der Waals surface area contributed by atoms with Crippen LogP contribution in [-0.4, -0.2) is 19.4 Å². The number of rotatable bonds is 4. The molecule has 1 heterocycles. The largest absolute Gasteiger partial charge is 0.545 e. The van der Waals surface area contributed by atoms with Crippen molar-refractivity contribution in [3.05, 3.63) is 66.1 Å². The molecule has 0 unspecified atom stereocenters. The number of carboxylic acids is 1. The molecule has 0 atom stereocenters. The topological polar surface area (TPSA) is 99.2 Å². The summed E-state index contributed by atoms with van der Waals surface area (Å²) >= 11 is 0. The number of benzene rings is 2. The standard InChI is InChI=1S/C16H11FN2O4S/c17-13-7-6-11(9-12(13)16(20)21)24(22,23)19-14-5-1-3-10-4-2-8-18-15(10)14/h1-9,19H,(H,20,21)/p-1. The lowest BCUT2D eigenvalue weighted by Gasteiger charge is -2.12. The number of hydrogen-bond donors (Lipinski definition) is 1. The summed E-state index contributed by atoms with van der Waals surface area (Å²) in [4.78, 5) is 14.6. The second kappa shape index (κ2) is 5.89. The Kier molecular flexibility index (Phi) is 3.90. The molecule has 24 heavy (non-hydrogen) atoms. The van der Waals surface area contributed by atoms with Gasteiger partial charge in [-0.25, -0.2) is 12.8 Å². The van der Waals surface area contributed by atoms with Gasteiger partial charge in [0.05, 0.1) is 22.1 Å². The molecular formula is C16H10FN2O4S-. The fourth-order valence-corrected chi connectivity index (χ4v) is 3.31. The van der Waals surface area contributed by atoms with Crippen molar-refractivity contribution in [3.8, 4) is 0 Å². The third-order valence-electron chi connectivity index (χ3n) is 3.35. The number of carbonyl (C=O) groups excluding carboxylic acids is 1. The van der Waals surface area contributed by atoms with Crippen LogP contribution in [0, 0.1) is 5.82 Å². The van der Waals surface area contributed by atoms with E-state index in [1.54, 1.807) is 24.3 Å². The Labute approximate surface area is 136 Å². The molecule has 122 valence electrons. The van der Waals surface area contributed by atoms with Gasteiger partial charge in [0.1, 0.15) is 5.82 Å². The predicted molar refractivity (Wildman–Crippen MR) is 83.3 cm³/mol. The first kappa shape index (κ1) is 15.9. The summed E-state index contributed by atoms with van der Waals surface area (Å²) in [5, 5.41) is 11.6. The normalized spacial score (nSPS) is 11.4. The predicted octanol–water partition coefficient (Wildman–Crippen LogP) is 1.54. The Hall–Kier alpha value is -3.00.